The topological polar surface area (TPSA) is 95.0 Å². The summed E-state index contributed by atoms with van der Waals surface area (Å²) in [5.74, 6) is 1.66. The molecule has 1 atom stereocenters. The molecule has 4 heterocycles. The number of fused-ring (bicyclic) bond motifs is 1. The number of pyridine rings is 1. The van der Waals surface area contributed by atoms with Gasteiger partial charge in [0.05, 0.1) is 6.54 Å². The van der Waals surface area contributed by atoms with E-state index in [0.717, 1.165) is 25.1 Å². The zero-order chi connectivity index (χ0) is 18.3. The van der Waals surface area contributed by atoms with Crippen LogP contribution in [0.15, 0.2) is 23.1 Å². The Morgan fingerprint density at radius 1 is 1.31 bits per heavy atom. The second kappa shape index (κ2) is 6.81. The highest BCUT2D eigenvalue weighted by molar-refractivity contribution is 9.10. The van der Waals surface area contributed by atoms with Gasteiger partial charge in [-0.05, 0) is 41.9 Å². The van der Waals surface area contributed by atoms with E-state index in [2.05, 4.69) is 47.8 Å². The quantitative estimate of drug-likeness (QED) is 0.648. The van der Waals surface area contributed by atoms with E-state index in [1.165, 1.54) is 0 Å². The molecule has 4 rings (SSSR count). The molecule has 0 bridgehead atoms. The predicted molar refractivity (Wildman–Crippen MR) is 102 cm³/mol. The first-order valence-electron chi connectivity index (χ1n) is 8.45. The largest absolute Gasteiger partial charge is 0.473 e. The van der Waals surface area contributed by atoms with Crippen LogP contribution in [0.3, 0.4) is 0 Å². The summed E-state index contributed by atoms with van der Waals surface area (Å²) in [6.45, 7) is 4.40. The van der Waals surface area contributed by atoms with Gasteiger partial charge in [-0.15, -0.1) is 0 Å². The summed E-state index contributed by atoms with van der Waals surface area (Å²) in [6.07, 6.45) is 3.07. The molecule has 0 aromatic carbocycles. The van der Waals surface area contributed by atoms with E-state index in [-0.39, 0.29) is 6.10 Å². The number of anilines is 1. The number of rotatable bonds is 4. The highest BCUT2D eigenvalue weighted by Crippen LogP contribution is 2.24. The number of nitrogens with two attached hydrogens (primary N) is 1. The SMILES string of the molecule is Cc1nc(N)c2nc(Br)n(Cc3ccc(O[C@H]4CCN(C)C4)nc3)c2n1. The van der Waals surface area contributed by atoms with Crippen LogP contribution in [0.4, 0.5) is 5.82 Å². The van der Waals surface area contributed by atoms with Crippen LogP contribution in [-0.2, 0) is 6.54 Å². The van der Waals surface area contributed by atoms with Crippen LogP contribution in [0.25, 0.3) is 11.2 Å². The first-order valence-corrected chi connectivity index (χ1v) is 9.25. The molecule has 1 aliphatic rings. The number of aryl methyl sites for hydroxylation is 1. The van der Waals surface area contributed by atoms with Gasteiger partial charge >= 0.3 is 0 Å². The van der Waals surface area contributed by atoms with Crippen molar-refractivity contribution in [2.45, 2.75) is 26.0 Å². The van der Waals surface area contributed by atoms with Crippen molar-refractivity contribution in [3.63, 3.8) is 0 Å². The monoisotopic (exact) mass is 417 g/mol. The molecule has 3 aromatic rings. The van der Waals surface area contributed by atoms with Crippen LogP contribution in [0.2, 0.25) is 0 Å². The van der Waals surface area contributed by atoms with E-state index in [0.29, 0.717) is 40.0 Å². The van der Waals surface area contributed by atoms with Crippen LogP contribution in [0.5, 0.6) is 5.88 Å². The minimum atomic E-state index is 0.215. The standard InChI is InChI=1S/C17H20BrN7O/c1-10-21-15(19)14-16(22-10)25(17(18)23-14)8-11-3-4-13(20-7-11)26-12-5-6-24(2)9-12/h3-4,7,12H,5-6,8-9H2,1-2H3,(H2,19,21,22)/t12-/m0/s1. The Balaban J connectivity index is 1.54. The van der Waals surface area contributed by atoms with Gasteiger partial charge in [0.25, 0.3) is 0 Å². The van der Waals surface area contributed by atoms with Crippen LogP contribution >= 0.6 is 15.9 Å². The van der Waals surface area contributed by atoms with Crippen LogP contribution < -0.4 is 10.5 Å². The van der Waals surface area contributed by atoms with Crippen LogP contribution in [-0.4, -0.2) is 55.6 Å². The zero-order valence-corrected chi connectivity index (χ0v) is 16.3. The summed E-state index contributed by atoms with van der Waals surface area (Å²) in [6, 6.07) is 3.92. The van der Waals surface area contributed by atoms with Crippen molar-refractivity contribution >= 4 is 32.9 Å². The maximum absolute atomic E-state index is 5.96. The molecule has 2 N–H and O–H groups in total. The van der Waals surface area contributed by atoms with Crippen LogP contribution in [0, 0.1) is 6.92 Å². The van der Waals surface area contributed by atoms with E-state index in [9.17, 15) is 0 Å². The molecule has 1 aliphatic heterocycles. The van der Waals surface area contributed by atoms with Gasteiger partial charge in [0.2, 0.25) is 5.88 Å². The average molecular weight is 418 g/mol. The minimum Gasteiger partial charge on any atom is -0.473 e. The number of hydrogen-bond donors (Lipinski definition) is 1. The summed E-state index contributed by atoms with van der Waals surface area (Å²) in [4.78, 5) is 19.8. The number of nitrogens with zero attached hydrogens (tertiary/aromatic N) is 6. The number of hydrogen-bond acceptors (Lipinski definition) is 7. The lowest BCUT2D eigenvalue weighted by atomic mass is 10.3. The Morgan fingerprint density at radius 2 is 2.15 bits per heavy atom. The number of aromatic nitrogens is 5. The first kappa shape index (κ1) is 17.2. The Labute approximate surface area is 159 Å². The molecule has 26 heavy (non-hydrogen) atoms. The van der Waals surface area contributed by atoms with Crippen molar-refractivity contribution in [3.05, 3.63) is 34.5 Å². The number of nitrogen functional groups attached to an aromatic ring is 1. The second-order valence-electron chi connectivity index (χ2n) is 6.59. The van der Waals surface area contributed by atoms with Gasteiger partial charge in [-0.25, -0.2) is 19.9 Å². The lowest BCUT2D eigenvalue weighted by molar-refractivity contribution is 0.200. The number of likely N-dealkylation sites (tertiary alicyclic amines) is 1. The van der Waals surface area contributed by atoms with E-state index >= 15 is 0 Å². The van der Waals surface area contributed by atoms with Gasteiger partial charge in [-0.1, -0.05) is 6.07 Å². The minimum absolute atomic E-state index is 0.215. The Bertz CT molecular complexity index is 940. The number of ether oxygens (including phenoxy) is 1. The Morgan fingerprint density at radius 3 is 2.85 bits per heavy atom. The predicted octanol–water partition coefficient (Wildman–Crippen LogP) is 2.01. The molecule has 0 radical (unpaired) electrons. The maximum atomic E-state index is 5.96. The molecule has 0 aliphatic carbocycles. The smallest absolute Gasteiger partial charge is 0.213 e. The van der Waals surface area contributed by atoms with Crippen molar-refractivity contribution < 1.29 is 4.74 Å². The summed E-state index contributed by atoms with van der Waals surface area (Å²) >= 11 is 3.48. The molecule has 1 fully saturated rings. The fourth-order valence-electron chi connectivity index (χ4n) is 3.17. The van der Waals surface area contributed by atoms with Gasteiger partial charge in [0, 0.05) is 25.4 Å². The van der Waals surface area contributed by atoms with E-state index < -0.39 is 0 Å². The third-order valence-electron chi connectivity index (χ3n) is 4.46. The Hall–Kier alpha value is -2.26. The van der Waals surface area contributed by atoms with Gasteiger partial charge in [-0.3, -0.25) is 4.57 Å². The molecule has 1 saturated heterocycles. The Kier molecular flexibility index (Phi) is 4.49. The zero-order valence-electron chi connectivity index (χ0n) is 14.7. The normalized spacial score (nSPS) is 17.9. The van der Waals surface area contributed by atoms with Gasteiger partial charge < -0.3 is 15.4 Å². The van der Waals surface area contributed by atoms with Crippen molar-refractivity contribution in [2.24, 2.45) is 0 Å². The third kappa shape index (κ3) is 3.36. The van der Waals surface area contributed by atoms with Crippen molar-refractivity contribution in [3.8, 4) is 5.88 Å². The van der Waals surface area contributed by atoms with Gasteiger partial charge in [-0.2, -0.15) is 0 Å². The number of halogens is 1. The van der Waals surface area contributed by atoms with Gasteiger partial charge in [0.1, 0.15) is 11.9 Å². The van der Waals surface area contributed by atoms with Crippen LogP contribution in [0.1, 0.15) is 17.8 Å². The fraction of sp³-hybridized carbons (Fsp3) is 0.412. The number of imidazole rings is 1. The molecule has 0 unspecified atom stereocenters. The molecule has 136 valence electrons. The average Bonchev–Trinajstić information content (AvgIpc) is 3.14. The molecule has 0 spiro atoms. The lowest BCUT2D eigenvalue weighted by Crippen LogP contribution is -2.21. The molecule has 0 saturated carbocycles. The summed E-state index contributed by atoms with van der Waals surface area (Å²) in [5, 5.41) is 0. The molecule has 3 aromatic heterocycles. The molecular weight excluding hydrogens is 398 g/mol. The van der Waals surface area contributed by atoms with Gasteiger partial charge in [0.15, 0.2) is 21.7 Å². The lowest BCUT2D eigenvalue weighted by Gasteiger charge is -2.13. The highest BCUT2D eigenvalue weighted by Gasteiger charge is 2.21. The van der Waals surface area contributed by atoms with E-state index in [4.69, 9.17) is 10.5 Å². The molecule has 8 nitrogen and oxygen atoms in total. The second-order valence-corrected chi connectivity index (χ2v) is 7.30. The molecular formula is C17H20BrN7O. The van der Waals surface area contributed by atoms with Crippen molar-refractivity contribution in [1.29, 1.82) is 0 Å². The first-order chi connectivity index (χ1) is 12.5. The summed E-state index contributed by atoms with van der Waals surface area (Å²) in [7, 11) is 2.10. The highest BCUT2D eigenvalue weighted by atomic mass is 79.9. The van der Waals surface area contributed by atoms with Crippen molar-refractivity contribution in [1.82, 2.24) is 29.4 Å². The van der Waals surface area contributed by atoms with E-state index in [1.54, 1.807) is 0 Å². The van der Waals surface area contributed by atoms with Crippen molar-refractivity contribution in [2.75, 3.05) is 25.9 Å². The number of likely N-dealkylation sites (N-methyl/N-ethyl adjacent to an activating group) is 1. The molecule has 0 amide bonds. The maximum Gasteiger partial charge on any atom is 0.213 e. The summed E-state index contributed by atoms with van der Waals surface area (Å²) < 4.78 is 8.55. The van der Waals surface area contributed by atoms with E-state index in [1.807, 2.05) is 29.8 Å². The fourth-order valence-corrected chi connectivity index (χ4v) is 3.64. The summed E-state index contributed by atoms with van der Waals surface area (Å²) in [5.41, 5.74) is 8.29. The third-order valence-corrected chi connectivity index (χ3v) is 5.07. The molecule has 9 heteroatoms.